The number of benzene rings is 3. The molecule has 8 nitrogen and oxygen atoms in total. The van der Waals surface area contributed by atoms with Gasteiger partial charge in [-0.15, -0.1) is 0 Å². The molecule has 0 amide bonds. The molecule has 1 aliphatic carbocycles. The third-order valence-electron chi connectivity index (χ3n) is 6.78. The SMILES string of the molecule is O=C(O)c1ccc(NS(=O)(=O)c2ccc3c(c2)[C@H]2C=CC[C@H]2[C@@H](c2ccc4c(c2)OCO4)N3)cc1. The van der Waals surface area contributed by atoms with Gasteiger partial charge in [0, 0.05) is 17.3 Å². The molecule has 0 saturated carbocycles. The van der Waals surface area contributed by atoms with E-state index in [1.807, 2.05) is 18.2 Å². The Morgan fingerprint density at radius 1 is 1.00 bits per heavy atom. The van der Waals surface area contributed by atoms with E-state index in [9.17, 15) is 13.2 Å². The number of carboxylic acid groups (broad SMARTS) is 1. The molecule has 2 heterocycles. The van der Waals surface area contributed by atoms with Gasteiger partial charge in [-0.3, -0.25) is 4.72 Å². The van der Waals surface area contributed by atoms with Gasteiger partial charge in [-0.25, -0.2) is 13.2 Å². The van der Waals surface area contributed by atoms with E-state index in [0.717, 1.165) is 34.7 Å². The Morgan fingerprint density at radius 3 is 2.60 bits per heavy atom. The number of ether oxygens (including phenoxy) is 2. The first-order valence-corrected chi connectivity index (χ1v) is 12.7. The van der Waals surface area contributed by atoms with E-state index in [1.54, 1.807) is 18.2 Å². The Morgan fingerprint density at radius 2 is 1.80 bits per heavy atom. The fraction of sp³-hybridized carbons (Fsp3) is 0.192. The molecule has 2 aliphatic heterocycles. The first-order chi connectivity index (χ1) is 16.9. The van der Waals surface area contributed by atoms with Crippen LogP contribution in [0.25, 0.3) is 0 Å². The van der Waals surface area contributed by atoms with Crippen LogP contribution in [0.3, 0.4) is 0 Å². The number of hydrogen-bond donors (Lipinski definition) is 3. The summed E-state index contributed by atoms with van der Waals surface area (Å²) in [4.78, 5) is 11.2. The van der Waals surface area contributed by atoms with Crippen molar-refractivity contribution in [3.8, 4) is 11.5 Å². The van der Waals surface area contributed by atoms with Crippen LogP contribution in [0.15, 0.2) is 77.7 Å². The maximum absolute atomic E-state index is 13.1. The van der Waals surface area contributed by atoms with Gasteiger partial charge in [0.1, 0.15) is 0 Å². The minimum Gasteiger partial charge on any atom is -0.478 e. The lowest BCUT2D eigenvalue weighted by molar-refractivity contribution is 0.0697. The monoisotopic (exact) mass is 490 g/mol. The first kappa shape index (κ1) is 21.5. The number of hydrogen-bond acceptors (Lipinski definition) is 6. The fourth-order valence-electron chi connectivity index (χ4n) is 5.07. The summed E-state index contributed by atoms with van der Waals surface area (Å²) < 4.78 is 39.7. The van der Waals surface area contributed by atoms with Crippen LogP contribution in [0.1, 0.15) is 39.9 Å². The van der Waals surface area contributed by atoms with Crippen LogP contribution in [-0.2, 0) is 10.0 Å². The summed E-state index contributed by atoms with van der Waals surface area (Å²) in [6.07, 6.45) is 5.18. The van der Waals surface area contributed by atoms with Crippen molar-refractivity contribution < 1.29 is 27.8 Å². The number of carboxylic acids is 1. The molecule has 3 atom stereocenters. The van der Waals surface area contributed by atoms with E-state index < -0.39 is 16.0 Å². The lowest BCUT2D eigenvalue weighted by Crippen LogP contribution is -2.29. The summed E-state index contributed by atoms with van der Waals surface area (Å²) in [5.41, 5.74) is 3.31. The van der Waals surface area contributed by atoms with Gasteiger partial charge in [-0.2, -0.15) is 0 Å². The van der Waals surface area contributed by atoms with Crippen molar-refractivity contribution in [2.75, 3.05) is 16.8 Å². The Hall–Kier alpha value is -3.98. The highest BCUT2D eigenvalue weighted by atomic mass is 32.2. The highest BCUT2D eigenvalue weighted by Gasteiger charge is 2.39. The Bertz CT molecular complexity index is 1470. The molecule has 0 fully saturated rings. The standard InChI is InChI=1S/C26H22N2O6S/c29-26(30)15-4-7-17(8-5-15)28-35(31,32)18-9-10-22-21(13-18)19-2-1-3-20(19)25(27-22)16-6-11-23-24(12-16)34-14-33-23/h1-2,4-13,19-20,25,27-28H,3,14H2,(H,29,30)/t19-,20+,25+/m0/s1. The topological polar surface area (TPSA) is 114 Å². The van der Waals surface area contributed by atoms with Crippen LogP contribution in [-0.4, -0.2) is 26.3 Å². The molecule has 178 valence electrons. The first-order valence-electron chi connectivity index (χ1n) is 11.2. The zero-order valence-electron chi connectivity index (χ0n) is 18.5. The predicted octanol–water partition coefficient (Wildman–Crippen LogP) is 4.74. The number of rotatable bonds is 5. The highest BCUT2D eigenvalue weighted by Crippen LogP contribution is 2.51. The van der Waals surface area contributed by atoms with Crippen molar-refractivity contribution in [2.45, 2.75) is 23.3 Å². The summed E-state index contributed by atoms with van der Waals surface area (Å²) in [5, 5.41) is 12.7. The molecule has 0 unspecified atom stereocenters. The second-order valence-corrected chi connectivity index (χ2v) is 10.5. The molecule has 0 radical (unpaired) electrons. The average molecular weight is 491 g/mol. The van der Waals surface area contributed by atoms with Crippen molar-refractivity contribution >= 4 is 27.4 Å². The Balaban J connectivity index is 1.30. The lowest BCUT2D eigenvalue weighted by Gasteiger charge is -2.37. The smallest absolute Gasteiger partial charge is 0.335 e. The fourth-order valence-corrected chi connectivity index (χ4v) is 6.16. The second-order valence-electron chi connectivity index (χ2n) is 8.83. The van der Waals surface area contributed by atoms with E-state index in [0.29, 0.717) is 5.69 Å². The van der Waals surface area contributed by atoms with Crippen LogP contribution in [0.2, 0.25) is 0 Å². The molecule has 0 spiro atoms. The summed E-state index contributed by atoms with van der Waals surface area (Å²) in [5.74, 6) is 0.719. The van der Waals surface area contributed by atoms with Crippen molar-refractivity contribution in [1.29, 1.82) is 0 Å². The number of anilines is 2. The van der Waals surface area contributed by atoms with Gasteiger partial charge in [0.25, 0.3) is 10.0 Å². The molecule has 0 saturated heterocycles. The van der Waals surface area contributed by atoms with E-state index in [2.05, 4.69) is 22.2 Å². The summed E-state index contributed by atoms with van der Waals surface area (Å²) in [6.45, 7) is 0.225. The van der Waals surface area contributed by atoms with Crippen LogP contribution >= 0.6 is 0 Å². The van der Waals surface area contributed by atoms with Crippen LogP contribution in [0, 0.1) is 5.92 Å². The predicted molar refractivity (Wildman–Crippen MR) is 130 cm³/mol. The molecular formula is C26H22N2O6S. The largest absolute Gasteiger partial charge is 0.478 e. The second kappa shape index (κ2) is 8.06. The van der Waals surface area contributed by atoms with Gasteiger partial charge >= 0.3 is 5.97 Å². The number of allylic oxidation sites excluding steroid dienone is 2. The minimum atomic E-state index is -3.86. The van der Waals surface area contributed by atoms with Crippen LogP contribution < -0.4 is 19.5 Å². The Labute approximate surface area is 202 Å². The van der Waals surface area contributed by atoms with Crippen molar-refractivity contribution in [3.63, 3.8) is 0 Å². The van der Waals surface area contributed by atoms with Gasteiger partial charge in [-0.1, -0.05) is 18.2 Å². The number of carbonyl (C=O) groups is 1. The molecule has 9 heteroatoms. The number of aromatic carboxylic acids is 1. The maximum Gasteiger partial charge on any atom is 0.335 e. The zero-order chi connectivity index (χ0) is 24.2. The van der Waals surface area contributed by atoms with E-state index in [1.165, 1.54) is 24.3 Å². The molecule has 0 aromatic heterocycles. The summed E-state index contributed by atoms with van der Waals surface area (Å²) in [7, 11) is -3.86. The number of fused-ring (bicyclic) bond motifs is 4. The quantitative estimate of drug-likeness (QED) is 0.443. The lowest BCUT2D eigenvalue weighted by atomic mass is 9.77. The number of sulfonamides is 1. The minimum absolute atomic E-state index is 0.0466. The third kappa shape index (κ3) is 3.77. The molecule has 3 aromatic rings. The summed E-state index contributed by atoms with van der Waals surface area (Å²) >= 11 is 0. The van der Waals surface area contributed by atoms with Crippen molar-refractivity contribution in [1.82, 2.24) is 0 Å². The Kier molecular flexibility index (Phi) is 4.96. The van der Waals surface area contributed by atoms with E-state index in [4.69, 9.17) is 14.6 Å². The van der Waals surface area contributed by atoms with Gasteiger partial charge in [0.2, 0.25) is 6.79 Å². The molecule has 6 rings (SSSR count). The van der Waals surface area contributed by atoms with E-state index >= 15 is 0 Å². The molecular weight excluding hydrogens is 468 g/mol. The zero-order valence-corrected chi connectivity index (χ0v) is 19.3. The van der Waals surface area contributed by atoms with Crippen LogP contribution in [0.5, 0.6) is 11.5 Å². The maximum atomic E-state index is 13.1. The van der Waals surface area contributed by atoms with Crippen molar-refractivity contribution in [2.24, 2.45) is 5.92 Å². The van der Waals surface area contributed by atoms with Gasteiger partial charge in [0.05, 0.1) is 16.5 Å². The molecule has 3 aromatic carbocycles. The normalized spacial score (nSPS) is 21.7. The molecule has 35 heavy (non-hydrogen) atoms. The molecule has 3 aliphatic rings. The summed E-state index contributed by atoms with van der Waals surface area (Å²) in [6, 6.07) is 16.7. The third-order valence-corrected chi connectivity index (χ3v) is 8.16. The van der Waals surface area contributed by atoms with Gasteiger partial charge < -0.3 is 19.9 Å². The molecule has 0 bridgehead atoms. The van der Waals surface area contributed by atoms with Crippen LogP contribution in [0.4, 0.5) is 11.4 Å². The van der Waals surface area contributed by atoms with E-state index in [-0.39, 0.29) is 35.1 Å². The molecule has 3 N–H and O–H groups in total. The average Bonchev–Trinajstić information content (AvgIpc) is 3.53. The number of nitrogens with one attached hydrogen (secondary N) is 2. The highest BCUT2D eigenvalue weighted by molar-refractivity contribution is 7.92. The van der Waals surface area contributed by atoms with Gasteiger partial charge in [0.15, 0.2) is 11.5 Å². The van der Waals surface area contributed by atoms with Crippen molar-refractivity contribution in [3.05, 3.63) is 89.5 Å². The van der Waals surface area contributed by atoms with Gasteiger partial charge in [-0.05, 0) is 78.1 Å².